The summed E-state index contributed by atoms with van der Waals surface area (Å²) in [4.78, 5) is 11.2. The molecule has 0 radical (unpaired) electrons. The maximum absolute atomic E-state index is 13.0. The zero-order chi connectivity index (χ0) is 13.0. The fourth-order valence-electron chi connectivity index (χ4n) is 1.15. The highest BCUT2D eigenvalue weighted by molar-refractivity contribution is 5.93. The summed E-state index contributed by atoms with van der Waals surface area (Å²) in [5.41, 5.74) is -1.07. The Kier molecular flexibility index (Phi) is 3.93. The minimum absolute atomic E-state index is 0.509. The average molecular weight is 245 g/mol. The number of rotatable bonds is 3. The SMILES string of the molecule is COC(=O)c1cc(F)cc(C#N)c1OC(F)F. The molecule has 0 N–H and O–H groups in total. The van der Waals surface area contributed by atoms with Crippen LogP contribution in [-0.2, 0) is 4.74 Å². The number of ether oxygens (including phenoxy) is 2. The van der Waals surface area contributed by atoms with Crippen molar-refractivity contribution in [3.8, 4) is 11.8 Å². The molecule has 0 atom stereocenters. The highest BCUT2D eigenvalue weighted by Gasteiger charge is 2.21. The van der Waals surface area contributed by atoms with Gasteiger partial charge in [0.15, 0.2) is 5.75 Å². The zero-order valence-electron chi connectivity index (χ0n) is 8.54. The number of nitriles is 1. The summed E-state index contributed by atoms with van der Waals surface area (Å²) < 4.78 is 45.5. The molecule has 0 bridgehead atoms. The van der Waals surface area contributed by atoms with Gasteiger partial charge < -0.3 is 9.47 Å². The van der Waals surface area contributed by atoms with E-state index in [1.165, 1.54) is 6.07 Å². The number of esters is 1. The second-order valence-corrected chi connectivity index (χ2v) is 2.81. The van der Waals surface area contributed by atoms with Gasteiger partial charge in [0.1, 0.15) is 17.4 Å². The number of carbonyl (C=O) groups is 1. The first-order chi connectivity index (χ1) is 7.99. The number of methoxy groups -OCH3 is 1. The Hall–Kier alpha value is -2.23. The Morgan fingerprint density at radius 1 is 1.47 bits per heavy atom. The third-order valence-corrected chi connectivity index (χ3v) is 1.79. The van der Waals surface area contributed by atoms with E-state index >= 15 is 0 Å². The minimum atomic E-state index is -3.24. The van der Waals surface area contributed by atoms with Crippen LogP contribution < -0.4 is 4.74 Å². The van der Waals surface area contributed by atoms with Gasteiger partial charge in [-0.05, 0) is 12.1 Å². The molecule has 1 aromatic carbocycles. The minimum Gasteiger partial charge on any atom is -0.465 e. The summed E-state index contributed by atoms with van der Waals surface area (Å²) in [6.45, 7) is -3.24. The van der Waals surface area contributed by atoms with Crippen molar-refractivity contribution in [1.29, 1.82) is 5.26 Å². The summed E-state index contributed by atoms with van der Waals surface area (Å²) in [7, 11) is 0.992. The number of halogens is 3. The first-order valence-electron chi connectivity index (χ1n) is 4.26. The van der Waals surface area contributed by atoms with E-state index < -0.39 is 35.3 Å². The summed E-state index contributed by atoms with van der Waals surface area (Å²) in [5.74, 6) is -2.70. The largest absolute Gasteiger partial charge is 0.465 e. The number of carbonyl (C=O) groups excluding carboxylic acids is 1. The predicted octanol–water partition coefficient (Wildman–Crippen LogP) is 2.09. The third-order valence-electron chi connectivity index (χ3n) is 1.79. The molecule has 0 aliphatic rings. The molecule has 0 unspecified atom stereocenters. The van der Waals surface area contributed by atoms with E-state index in [0.29, 0.717) is 12.1 Å². The van der Waals surface area contributed by atoms with Crippen molar-refractivity contribution in [2.75, 3.05) is 7.11 Å². The van der Waals surface area contributed by atoms with Gasteiger partial charge in [-0.25, -0.2) is 9.18 Å². The van der Waals surface area contributed by atoms with Gasteiger partial charge in [0, 0.05) is 0 Å². The highest BCUT2D eigenvalue weighted by Crippen LogP contribution is 2.27. The van der Waals surface area contributed by atoms with Crippen LogP contribution in [0.4, 0.5) is 13.2 Å². The molecule has 1 rings (SSSR count). The number of benzene rings is 1. The van der Waals surface area contributed by atoms with Crippen molar-refractivity contribution in [2.24, 2.45) is 0 Å². The fourth-order valence-corrected chi connectivity index (χ4v) is 1.15. The van der Waals surface area contributed by atoms with Crippen LogP contribution >= 0.6 is 0 Å². The molecule has 0 heterocycles. The number of alkyl halides is 2. The lowest BCUT2D eigenvalue weighted by atomic mass is 10.1. The van der Waals surface area contributed by atoms with E-state index in [4.69, 9.17) is 5.26 Å². The van der Waals surface area contributed by atoms with Crippen LogP contribution in [0.1, 0.15) is 15.9 Å². The molecule has 0 saturated heterocycles. The molecule has 0 aliphatic heterocycles. The van der Waals surface area contributed by atoms with Crippen molar-refractivity contribution in [2.45, 2.75) is 6.61 Å². The van der Waals surface area contributed by atoms with Crippen LogP contribution in [0.25, 0.3) is 0 Å². The van der Waals surface area contributed by atoms with E-state index in [2.05, 4.69) is 9.47 Å². The Morgan fingerprint density at radius 3 is 2.59 bits per heavy atom. The molecule has 17 heavy (non-hydrogen) atoms. The van der Waals surface area contributed by atoms with Crippen molar-refractivity contribution < 1.29 is 27.4 Å². The molecule has 0 aromatic heterocycles. The maximum Gasteiger partial charge on any atom is 0.387 e. The molecule has 1 aromatic rings. The van der Waals surface area contributed by atoms with Crippen molar-refractivity contribution in [3.05, 3.63) is 29.1 Å². The van der Waals surface area contributed by atoms with E-state index in [1.807, 2.05) is 0 Å². The molecule has 7 heteroatoms. The molecular weight excluding hydrogens is 239 g/mol. The lowest BCUT2D eigenvalue weighted by molar-refractivity contribution is -0.0506. The van der Waals surface area contributed by atoms with Gasteiger partial charge in [-0.3, -0.25) is 0 Å². The van der Waals surface area contributed by atoms with E-state index in [1.54, 1.807) is 0 Å². The van der Waals surface area contributed by atoms with Gasteiger partial charge in [0.2, 0.25) is 0 Å². The Bertz CT molecular complexity index is 482. The van der Waals surface area contributed by atoms with Gasteiger partial charge in [-0.2, -0.15) is 14.0 Å². The molecule has 0 saturated carbocycles. The van der Waals surface area contributed by atoms with E-state index in [9.17, 15) is 18.0 Å². The highest BCUT2D eigenvalue weighted by atomic mass is 19.3. The first-order valence-corrected chi connectivity index (χ1v) is 4.26. The van der Waals surface area contributed by atoms with Crippen LogP contribution in [0.15, 0.2) is 12.1 Å². The van der Waals surface area contributed by atoms with E-state index in [-0.39, 0.29) is 0 Å². The molecule has 0 amide bonds. The Balaban J connectivity index is 3.39. The molecular formula is C10H6F3NO3. The molecule has 0 spiro atoms. The molecule has 0 aliphatic carbocycles. The van der Waals surface area contributed by atoms with Crippen molar-refractivity contribution in [3.63, 3.8) is 0 Å². The second kappa shape index (κ2) is 5.21. The monoisotopic (exact) mass is 245 g/mol. The Morgan fingerprint density at radius 2 is 2.12 bits per heavy atom. The predicted molar refractivity (Wildman–Crippen MR) is 49.1 cm³/mol. The number of hydrogen-bond donors (Lipinski definition) is 0. The topological polar surface area (TPSA) is 59.3 Å². The summed E-state index contributed by atoms with van der Waals surface area (Å²) >= 11 is 0. The van der Waals surface area contributed by atoms with Gasteiger partial charge in [-0.1, -0.05) is 0 Å². The van der Waals surface area contributed by atoms with Crippen LogP contribution in [0.5, 0.6) is 5.75 Å². The van der Waals surface area contributed by atoms with Gasteiger partial charge >= 0.3 is 12.6 Å². The normalized spacial score (nSPS) is 9.88. The quantitative estimate of drug-likeness (QED) is 0.765. The maximum atomic E-state index is 13.0. The summed E-state index contributed by atoms with van der Waals surface area (Å²) in [6.07, 6.45) is 0. The Labute approximate surface area is 94.2 Å². The fraction of sp³-hybridized carbons (Fsp3) is 0.200. The smallest absolute Gasteiger partial charge is 0.387 e. The first kappa shape index (κ1) is 12.8. The molecule has 0 fully saturated rings. The van der Waals surface area contributed by atoms with Crippen LogP contribution in [0, 0.1) is 17.1 Å². The average Bonchev–Trinajstić information content (AvgIpc) is 2.29. The lowest BCUT2D eigenvalue weighted by Crippen LogP contribution is -2.11. The number of nitrogens with zero attached hydrogens (tertiary/aromatic N) is 1. The van der Waals surface area contributed by atoms with Crippen molar-refractivity contribution in [1.82, 2.24) is 0 Å². The van der Waals surface area contributed by atoms with Crippen molar-refractivity contribution >= 4 is 5.97 Å². The van der Waals surface area contributed by atoms with Crippen LogP contribution in [-0.4, -0.2) is 19.7 Å². The van der Waals surface area contributed by atoms with Gasteiger partial charge in [0.05, 0.1) is 12.7 Å². The summed E-state index contributed by atoms with van der Waals surface area (Å²) in [6, 6.07) is 2.80. The van der Waals surface area contributed by atoms with Crippen LogP contribution in [0.2, 0.25) is 0 Å². The zero-order valence-corrected chi connectivity index (χ0v) is 8.54. The van der Waals surface area contributed by atoms with Crippen LogP contribution in [0.3, 0.4) is 0 Å². The van der Waals surface area contributed by atoms with Gasteiger partial charge in [0.25, 0.3) is 0 Å². The van der Waals surface area contributed by atoms with E-state index in [0.717, 1.165) is 7.11 Å². The lowest BCUT2D eigenvalue weighted by Gasteiger charge is -2.10. The second-order valence-electron chi connectivity index (χ2n) is 2.81. The number of hydrogen-bond acceptors (Lipinski definition) is 4. The third kappa shape index (κ3) is 2.87. The molecule has 90 valence electrons. The van der Waals surface area contributed by atoms with Gasteiger partial charge in [-0.15, -0.1) is 0 Å². The summed E-state index contributed by atoms with van der Waals surface area (Å²) in [5, 5.41) is 8.64. The molecule has 4 nitrogen and oxygen atoms in total. The standard InChI is InChI=1S/C10H6F3NO3/c1-16-9(15)7-3-6(11)2-5(4-14)8(7)17-10(12)13/h2-3,10H,1H3.